The Balaban J connectivity index is 1.75. The molecule has 27 heavy (non-hydrogen) atoms. The molecule has 5 nitrogen and oxygen atoms in total. The zero-order valence-electron chi connectivity index (χ0n) is 15.1. The second-order valence-corrected chi connectivity index (χ2v) is 7.91. The highest BCUT2D eigenvalue weighted by Crippen LogP contribution is 2.39. The molecule has 0 saturated carbocycles. The average molecular weight is 402 g/mol. The Morgan fingerprint density at radius 1 is 1.26 bits per heavy atom. The number of benzene rings is 2. The molecule has 140 valence electrons. The molecule has 0 radical (unpaired) electrons. The largest absolute Gasteiger partial charge is 0.351 e. The zero-order valence-corrected chi connectivity index (χ0v) is 16.7. The van der Waals surface area contributed by atoms with Crippen molar-refractivity contribution in [3.8, 4) is 0 Å². The summed E-state index contributed by atoms with van der Waals surface area (Å²) in [6.07, 6.45) is 1.80. The van der Waals surface area contributed by atoms with Crippen LogP contribution in [0.4, 0.5) is 5.69 Å². The monoisotopic (exact) mass is 401 g/mol. The predicted octanol–water partition coefficient (Wildman–Crippen LogP) is 3.72. The van der Waals surface area contributed by atoms with Crippen molar-refractivity contribution in [1.29, 1.82) is 0 Å². The molecular formula is C20H20ClN3O2S. The molecule has 2 amide bonds. The van der Waals surface area contributed by atoms with Crippen LogP contribution in [0.15, 0.2) is 52.3 Å². The minimum Gasteiger partial charge on any atom is -0.351 e. The number of thioether (sulfide) groups is 1. The number of anilines is 1. The highest BCUT2D eigenvalue weighted by atomic mass is 35.5. The molecule has 1 aliphatic heterocycles. The van der Waals surface area contributed by atoms with E-state index in [4.69, 9.17) is 11.6 Å². The standard InChI is InChI=1S/C20H20ClN3O2S/c1-24(2)9-8-22-19(25)14-6-7-17-16(12-14)23-20(26)18(27-17)11-13-4-3-5-15(21)10-13/h3-7,10-12H,8-9H2,1-2H3,(H,22,25)(H,23,26)/b18-11+. The maximum absolute atomic E-state index is 12.4. The first-order chi connectivity index (χ1) is 12.9. The number of amides is 2. The molecule has 2 aromatic carbocycles. The van der Waals surface area contributed by atoms with E-state index in [0.717, 1.165) is 17.0 Å². The fourth-order valence-electron chi connectivity index (χ4n) is 2.54. The number of carbonyl (C=O) groups is 2. The van der Waals surface area contributed by atoms with Crippen molar-refractivity contribution < 1.29 is 9.59 Å². The van der Waals surface area contributed by atoms with Crippen molar-refractivity contribution in [1.82, 2.24) is 10.2 Å². The number of nitrogens with zero attached hydrogens (tertiary/aromatic N) is 1. The van der Waals surface area contributed by atoms with Gasteiger partial charge in [-0.05, 0) is 56.1 Å². The van der Waals surface area contributed by atoms with E-state index < -0.39 is 0 Å². The summed E-state index contributed by atoms with van der Waals surface area (Å²) in [5, 5.41) is 6.36. The van der Waals surface area contributed by atoms with Crippen molar-refractivity contribution in [3.63, 3.8) is 0 Å². The van der Waals surface area contributed by atoms with E-state index in [2.05, 4.69) is 10.6 Å². The maximum atomic E-state index is 12.4. The molecule has 0 aromatic heterocycles. The first-order valence-corrected chi connectivity index (χ1v) is 9.65. The van der Waals surface area contributed by atoms with Gasteiger partial charge < -0.3 is 15.5 Å². The lowest BCUT2D eigenvalue weighted by Gasteiger charge is -2.19. The van der Waals surface area contributed by atoms with Crippen molar-refractivity contribution in [3.05, 3.63) is 63.5 Å². The molecule has 2 aromatic rings. The van der Waals surface area contributed by atoms with Gasteiger partial charge in [0.2, 0.25) is 0 Å². The lowest BCUT2D eigenvalue weighted by Crippen LogP contribution is -2.31. The van der Waals surface area contributed by atoms with Gasteiger partial charge in [0.15, 0.2) is 0 Å². The van der Waals surface area contributed by atoms with Gasteiger partial charge >= 0.3 is 0 Å². The second-order valence-electron chi connectivity index (χ2n) is 6.39. The summed E-state index contributed by atoms with van der Waals surface area (Å²) in [6, 6.07) is 12.7. The highest BCUT2D eigenvalue weighted by Gasteiger charge is 2.22. The molecule has 3 rings (SSSR count). The summed E-state index contributed by atoms with van der Waals surface area (Å²) in [4.78, 5) is 28.2. The molecule has 1 heterocycles. The first kappa shape index (κ1) is 19.5. The molecule has 0 bridgehead atoms. The Morgan fingerprint density at radius 2 is 2.07 bits per heavy atom. The van der Waals surface area contributed by atoms with Gasteiger partial charge in [0, 0.05) is 28.6 Å². The van der Waals surface area contributed by atoms with Gasteiger partial charge in [0.25, 0.3) is 11.8 Å². The Labute approximate surface area is 167 Å². The Hall–Kier alpha value is -2.28. The fraction of sp³-hybridized carbons (Fsp3) is 0.200. The first-order valence-electron chi connectivity index (χ1n) is 8.46. The molecule has 0 unspecified atom stereocenters. The lowest BCUT2D eigenvalue weighted by atomic mass is 10.1. The van der Waals surface area contributed by atoms with Gasteiger partial charge in [-0.3, -0.25) is 9.59 Å². The Morgan fingerprint density at radius 3 is 2.81 bits per heavy atom. The SMILES string of the molecule is CN(C)CCNC(=O)c1ccc2c(c1)NC(=O)/C(=C\c1cccc(Cl)c1)S2. The summed E-state index contributed by atoms with van der Waals surface area (Å²) < 4.78 is 0. The number of fused-ring (bicyclic) bond motifs is 1. The minimum atomic E-state index is -0.197. The maximum Gasteiger partial charge on any atom is 0.262 e. The van der Waals surface area contributed by atoms with E-state index in [9.17, 15) is 9.59 Å². The zero-order chi connectivity index (χ0) is 19.4. The van der Waals surface area contributed by atoms with Gasteiger partial charge in [0.1, 0.15) is 0 Å². The van der Waals surface area contributed by atoms with Crippen LogP contribution in [0.2, 0.25) is 5.02 Å². The van der Waals surface area contributed by atoms with Gasteiger partial charge in [-0.25, -0.2) is 0 Å². The number of nitrogens with one attached hydrogen (secondary N) is 2. The van der Waals surface area contributed by atoms with Crippen LogP contribution in [0, 0.1) is 0 Å². The summed E-state index contributed by atoms with van der Waals surface area (Å²) >= 11 is 7.38. The van der Waals surface area contributed by atoms with Crippen molar-refractivity contribution in [2.45, 2.75) is 4.90 Å². The summed E-state index contributed by atoms with van der Waals surface area (Å²) in [5.41, 5.74) is 2.03. The van der Waals surface area contributed by atoms with Crippen molar-refractivity contribution in [2.75, 3.05) is 32.5 Å². The third-order valence-electron chi connectivity index (χ3n) is 3.92. The topological polar surface area (TPSA) is 61.4 Å². The molecule has 0 spiro atoms. The van der Waals surface area contributed by atoms with E-state index in [1.54, 1.807) is 30.3 Å². The highest BCUT2D eigenvalue weighted by molar-refractivity contribution is 8.04. The summed E-state index contributed by atoms with van der Waals surface area (Å²) in [7, 11) is 3.90. The molecular weight excluding hydrogens is 382 g/mol. The van der Waals surface area contributed by atoms with Gasteiger partial charge in [-0.15, -0.1) is 0 Å². The minimum absolute atomic E-state index is 0.154. The molecule has 0 fully saturated rings. The van der Waals surface area contributed by atoms with Gasteiger partial charge in [-0.2, -0.15) is 0 Å². The number of carbonyl (C=O) groups excluding carboxylic acids is 2. The number of rotatable bonds is 5. The van der Waals surface area contributed by atoms with E-state index >= 15 is 0 Å². The smallest absolute Gasteiger partial charge is 0.262 e. The van der Waals surface area contributed by atoms with Crippen LogP contribution in [0.1, 0.15) is 15.9 Å². The molecule has 0 saturated heterocycles. The van der Waals surface area contributed by atoms with E-state index in [0.29, 0.717) is 27.7 Å². The average Bonchev–Trinajstić information content (AvgIpc) is 2.61. The number of likely N-dealkylation sites (N-methyl/N-ethyl adjacent to an activating group) is 1. The van der Waals surface area contributed by atoms with Crippen LogP contribution in [0.3, 0.4) is 0 Å². The summed E-state index contributed by atoms with van der Waals surface area (Å²) in [5.74, 6) is -0.350. The van der Waals surface area contributed by atoms with E-state index in [-0.39, 0.29) is 11.8 Å². The molecule has 1 aliphatic rings. The molecule has 0 aliphatic carbocycles. The Kier molecular flexibility index (Phi) is 6.21. The van der Waals surface area contributed by atoms with E-state index in [1.165, 1.54) is 11.8 Å². The second kappa shape index (κ2) is 8.61. The summed E-state index contributed by atoms with van der Waals surface area (Å²) in [6.45, 7) is 1.33. The third kappa shape index (κ3) is 5.13. The van der Waals surface area contributed by atoms with Crippen molar-refractivity contribution in [2.24, 2.45) is 0 Å². The van der Waals surface area contributed by atoms with Crippen LogP contribution < -0.4 is 10.6 Å². The van der Waals surface area contributed by atoms with Gasteiger partial charge in [-0.1, -0.05) is 35.5 Å². The predicted molar refractivity (Wildman–Crippen MR) is 111 cm³/mol. The lowest BCUT2D eigenvalue weighted by molar-refractivity contribution is -0.112. The van der Waals surface area contributed by atoms with Gasteiger partial charge in [0.05, 0.1) is 10.6 Å². The van der Waals surface area contributed by atoms with Crippen LogP contribution >= 0.6 is 23.4 Å². The Bertz CT molecular complexity index is 912. The quantitative estimate of drug-likeness (QED) is 0.749. The molecule has 0 atom stereocenters. The normalized spacial score (nSPS) is 14.8. The fourth-order valence-corrected chi connectivity index (χ4v) is 3.67. The van der Waals surface area contributed by atoms with Crippen LogP contribution in [-0.4, -0.2) is 43.9 Å². The molecule has 2 N–H and O–H groups in total. The number of hydrogen-bond donors (Lipinski definition) is 2. The number of hydrogen-bond acceptors (Lipinski definition) is 4. The van der Waals surface area contributed by atoms with Crippen molar-refractivity contribution >= 4 is 46.9 Å². The van der Waals surface area contributed by atoms with Crippen LogP contribution in [0.25, 0.3) is 6.08 Å². The third-order valence-corrected chi connectivity index (χ3v) is 5.26. The van der Waals surface area contributed by atoms with E-state index in [1.807, 2.05) is 37.2 Å². The number of halogens is 1. The van der Waals surface area contributed by atoms with Crippen LogP contribution in [-0.2, 0) is 4.79 Å². The molecule has 7 heteroatoms. The van der Waals surface area contributed by atoms with Crippen LogP contribution in [0.5, 0.6) is 0 Å².